The molecule has 0 spiro atoms. The zero-order chi connectivity index (χ0) is 11.6. The van der Waals surface area contributed by atoms with E-state index in [-0.39, 0.29) is 11.5 Å². The van der Waals surface area contributed by atoms with E-state index in [4.69, 9.17) is 17.3 Å². The molecule has 1 aromatic rings. The summed E-state index contributed by atoms with van der Waals surface area (Å²) >= 11 is 5.83. The van der Waals surface area contributed by atoms with Crippen LogP contribution in [0.15, 0.2) is 18.3 Å². The maximum absolute atomic E-state index is 9.55. The van der Waals surface area contributed by atoms with Gasteiger partial charge in [-0.25, -0.2) is 0 Å². The summed E-state index contributed by atoms with van der Waals surface area (Å²) in [5.74, 6) is 0. The Labute approximate surface area is 101 Å². The van der Waals surface area contributed by atoms with Gasteiger partial charge in [-0.05, 0) is 37.8 Å². The molecule has 0 radical (unpaired) electrons. The Kier molecular flexibility index (Phi) is 3.47. The van der Waals surface area contributed by atoms with Crippen molar-refractivity contribution in [3.8, 4) is 0 Å². The quantitative estimate of drug-likeness (QED) is 0.830. The lowest BCUT2D eigenvalue weighted by Gasteiger charge is -2.37. The molecule has 1 saturated carbocycles. The standard InChI is InChI=1S/C12H17ClN2O/c13-9-1-2-11(15-7-9)12(8-14)5-3-10(16)4-6-12/h1-2,7,10,16H,3-6,8,14H2. The number of aliphatic hydroxyl groups excluding tert-OH is 1. The van der Waals surface area contributed by atoms with Gasteiger partial charge in [0.25, 0.3) is 0 Å². The van der Waals surface area contributed by atoms with Crippen LogP contribution in [0.4, 0.5) is 0 Å². The largest absolute Gasteiger partial charge is 0.393 e. The lowest BCUT2D eigenvalue weighted by Crippen LogP contribution is -2.40. The topological polar surface area (TPSA) is 59.1 Å². The molecule has 1 fully saturated rings. The van der Waals surface area contributed by atoms with Crippen LogP contribution < -0.4 is 5.73 Å². The van der Waals surface area contributed by atoms with E-state index < -0.39 is 0 Å². The van der Waals surface area contributed by atoms with E-state index in [1.54, 1.807) is 6.20 Å². The summed E-state index contributed by atoms with van der Waals surface area (Å²) < 4.78 is 0. The Balaban J connectivity index is 2.24. The molecule has 1 heterocycles. The highest BCUT2D eigenvalue weighted by Crippen LogP contribution is 2.37. The van der Waals surface area contributed by atoms with Crippen LogP contribution in [0.1, 0.15) is 31.4 Å². The van der Waals surface area contributed by atoms with Gasteiger partial charge in [0.1, 0.15) is 0 Å². The predicted molar refractivity (Wildman–Crippen MR) is 64.5 cm³/mol. The number of hydrogen-bond donors (Lipinski definition) is 2. The van der Waals surface area contributed by atoms with Crippen molar-refractivity contribution in [1.82, 2.24) is 4.98 Å². The van der Waals surface area contributed by atoms with Gasteiger partial charge >= 0.3 is 0 Å². The zero-order valence-corrected chi connectivity index (χ0v) is 9.95. The molecule has 4 heteroatoms. The summed E-state index contributed by atoms with van der Waals surface area (Å²) in [6.45, 7) is 0.578. The van der Waals surface area contributed by atoms with E-state index in [2.05, 4.69) is 4.98 Å². The van der Waals surface area contributed by atoms with Gasteiger partial charge in [0.05, 0.1) is 11.1 Å². The first-order valence-corrected chi connectivity index (χ1v) is 6.04. The molecule has 0 saturated heterocycles. The van der Waals surface area contributed by atoms with Crippen LogP contribution in [0, 0.1) is 0 Å². The minimum absolute atomic E-state index is 0.0657. The molecule has 0 atom stereocenters. The average Bonchev–Trinajstić information content (AvgIpc) is 2.32. The molecule has 0 amide bonds. The molecule has 1 aromatic heterocycles. The van der Waals surface area contributed by atoms with Crippen molar-refractivity contribution in [2.24, 2.45) is 5.73 Å². The Bertz CT molecular complexity index is 345. The first-order valence-electron chi connectivity index (χ1n) is 5.66. The van der Waals surface area contributed by atoms with E-state index in [0.717, 1.165) is 31.4 Å². The van der Waals surface area contributed by atoms with Crippen molar-refractivity contribution in [3.05, 3.63) is 29.0 Å². The Morgan fingerprint density at radius 1 is 1.44 bits per heavy atom. The molecule has 0 bridgehead atoms. The first kappa shape index (κ1) is 11.8. The van der Waals surface area contributed by atoms with Crippen LogP contribution in [-0.2, 0) is 5.41 Å². The van der Waals surface area contributed by atoms with Crippen LogP contribution in [0.2, 0.25) is 5.02 Å². The SMILES string of the molecule is NCC1(c2ccc(Cl)cn2)CCC(O)CC1. The van der Waals surface area contributed by atoms with Crippen LogP contribution in [0.25, 0.3) is 0 Å². The van der Waals surface area contributed by atoms with E-state index in [1.165, 1.54) is 0 Å². The van der Waals surface area contributed by atoms with E-state index in [1.807, 2.05) is 12.1 Å². The molecule has 0 aromatic carbocycles. The van der Waals surface area contributed by atoms with Crippen LogP contribution >= 0.6 is 11.6 Å². The van der Waals surface area contributed by atoms with Gasteiger partial charge in [-0.3, -0.25) is 4.98 Å². The third-order valence-electron chi connectivity index (χ3n) is 3.57. The van der Waals surface area contributed by atoms with Crippen LogP contribution in [0.3, 0.4) is 0 Å². The van der Waals surface area contributed by atoms with Gasteiger partial charge in [0.2, 0.25) is 0 Å². The highest BCUT2D eigenvalue weighted by atomic mass is 35.5. The van der Waals surface area contributed by atoms with Gasteiger partial charge in [0.15, 0.2) is 0 Å². The number of pyridine rings is 1. The predicted octanol–water partition coefficient (Wildman–Crippen LogP) is 1.87. The molecule has 3 nitrogen and oxygen atoms in total. The van der Waals surface area contributed by atoms with Crippen molar-refractivity contribution in [1.29, 1.82) is 0 Å². The number of nitrogens with zero attached hydrogens (tertiary/aromatic N) is 1. The smallest absolute Gasteiger partial charge is 0.0589 e. The minimum Gasteiger partial charge on any atom is -0.393 e. The summed E-state index contributed by atoms with van der Waals surface area (Å²) in [5.41, 5.74) is 6.84. The van der Waals surface area contributed by atoms with Crippen molar-refractivity contribution in [3.63, 3.8) is 0 Å². The minimum atomic E-state index is -0.174. The zero-order valence-electron chi connectivity index (χ0n) is 9.19. The van der Waals surface area contributed by atoms with Crippen LogP contribution in [0.5, 0.6) is 0 Å². The maximum atomic E-state index is 9.55. The second kappa shape index (κ2) is 4.70. The Hall–Kier alpha value is -0.640. The normalized spacial score (nSPS) is 30.3. The number of aromatic nitrogens is 1. The molecule has 88 valence electrons. The second-order valence-electron chi connectivity index (χ2n) is 4.58. The summed E-state index contributed by atoms with van der Waals surface area (Å²) in [6, 6.07) is 3.80. The van der Waals surface area contributed by atoms with Gasteiger partial charge < -0.3 is 10.8 Å². The van der Waals surface area contributed by atoms with Crippen molar-refractivity contribution >= 4 is 11.6 Å². The summed E-state index contributed by atoms with van der Waals surface area (Å²) in [4.78, 5) is 4.38. The Morgan fingerprint density at radius 3 is 2.62 bits per heavy atom. The number of hydrogen-bond acceptors (Lipinski definition) is 3. The van der Waals surface area contributed by atoms with Crippen molar-refractivity contribution in [2.75, 3.05) is 6.54 Å². The highest BCUT2D eigenvalue weighted by molar-refractivity contribution is 6.30. The Morgan fingerprint density at radius 2 is 2.12 bits per heavy atom. The molecule has 0 unspecified atom stereocenters. The fourth-order valence-electron chi connectivity index (χ4n) is 2.41. The second-order valence-corrected chi connectivity index (χ2v) is 5.01. The van der Waals surface area contributed by atoms with Crippen molar-refractivity contribution in [2.45, 2.75) is 37.2 Å². The van der Waals surface area contributed by atoms with Gasteiger partial charge in [-0.1, -0.05) is 11.6 Å². The molecular weight excluding hydrogens is 224 g/mol. The van der Waals surface area contributed by atoms with Gasteiger partial charge in [-0.2, -0.15) is 0 Å². The average molecular weight is 241 g/mol. The molecule has 16 heavy (non-hydrogen) atoms. The third kappa shape index (κ3) is 2.21. The van der Waals surface area contributed by atoms with Gasteiger partial charge in [-0.15, -0.1) is 0 Å². The fourth-order valence-corrected chi connectivity index (χ4v) is 2.52. The first-order chi connectivity index (χ1) is 7.66. The summed E-state index contributed by atoms with van der Waals surface area (Å²) in [6.07, 6.45) is 4.91. The van der Waals surface area contributed by atoms with E-state index in [9.17, 15) is 5.11 Å². The van der Waals surface area contributed by atoms with Crippen LogP contribution in [-0.4, -0.2) is 22.7 Å². The highest BCUT2D eigenvalue weighted by Gasteiger charge is 2.36. The third-order valence-corrected chi connectivity index (χ3v) is 3.80. The number of halogens is 1. The molecule has 0 aliphatic heterocycles. The molecular formula is C12H17ClN2O. The lowest BCUT2D eigenvalue weighted by molar-refractivity contribution is 0.0962. The molecule has 1 aliphatic carbocycles. The number of aliphatic hydroxyl groups is 1. The maximum Gasteiger partial charge on any atom is 0.0589 e. The lowest BCUT2D eigenvalue weighted by atomic mass is 9.71. The molecule has 1 aliphatic rings. The van der Waals surface area contributed by atoms with Crippen molar-refractivity contribution < 1.29 is 5.11 Å². The fraction of sp³-hybridized carbons (Fsp3) is 0.583. The van der Waals surface area contributed by atoms with E-state index >= 15 is 0 Å². The van der Waals surface area contributed by atoms with Gasteiger partial charge in [0, 0.05) is 23.9 Å². The number of rotatable bonds is 2. The molecule has 2 rings (SSSR count). The number of nitrogens with two attached hydrogens (primary N) is 1. The summed E-state index contributed by atoms with van der Waals surface area (Å²) in [7, 11) is 0. The monoisotopic (exact) mass is 240 g/mol. The summed E-state index contributed by atoms with van der Waals surface area (Å²) in [5, 5.41) is 10.2. The van der Waals surface area contributed by atoms with E-state index in [0.29, 0.717) is 11.6 Å². The molecule has 3 N–H and O–H groups in total.